The summed E-state index contributed by atoms with van der Waals surface area (Å²) in [4.78, 5) is 13.6. The van der Waals surface area contributed by atoms with Gasteiger partial charge >= 0.3 is 0 Å². The first-order valence-electron chi connectivity index (χ1n) is 7.82. The zero-order valence-electron chi connectivity index (χ0n) is 13.2. The van der Waals surface area contributed by atoms with Crippen molar-refractivity contribution in [3.63, 3.8) is 0 Å². The molecule has 0 saturated carbocycles. The molecule has 2 heterocycles. The van der Waals surface area contributed by atoms with Crippen LogP contribution in [-0.2, 0) is 0 Å². The maximum atomic E-state index is 4.84. The van der Waals surface area contributed by atoms with Gasteiger partial charge in [0, 0.05) is 40.3 Å². The Bertz CT molecular complexity index is 1010. The third-order valence-corrected chi connectivity index (χ3v) is 4.18. The Kier molecular flexibility index (Phi) is 3.27. The summed E-state index contributed by atoms with van der Waals surface area (Å²) in [7, 11) is 0. The molecule has 0 aliphatic carbocycles. The third kappa shape index (κ3) is 2.44. The molecule has 4 rings (SSSR count). The van der Waals surface area contributed by atoms with E-state index in [-0.39, 0.29) is 0 Å². The molecule has 3 heteroatoms. The lowest BCUT2D eigenvalue weighted by Crippen LogP contribution is -1.93. The number of nitrogens with zero attached hydrogens (tertiary/aromatic N) is 3. The van der Waals surface area contributed by atoms with Crippen LogP contribution in [0.2, 0.25) is 0 Å². The quantitative estimate of drug-likeness (QED) is 0.491. The highest BCUT2D eigenvalue weighted by Gasteiger charge is 2.08. The summed E-state index contributed by atoms with van der Waals surface area (Å²) in [6.45, 7) is 4.39. The Balaban J connectivity index is 1.94. The molecule has 0 saturated heterocycles. The Morgan fingerprint density at radius 3 is 2.65 bits per heavy atom. The number of benzene rings is 2. The van der Waals surface area contributed by atoms with E-state index in [1.165, 1.54) is 5.56 Å². The second kappa shape index (κ2) is 5.43. The van der Waals surface area contributed by atoms with E-state index in [4.69, 9.17) is 4.98 Å². The van der Waals surface area contributed by atoms with Crippen molar-refractivity contribution >= 4 is 21.7 Å². The van der Waals surface area contributed by atoms with Crippen LogP contribution in [0.5, 0.6) is 0 Å². The van der Waals surface area contributed by atoms with Crippen LogP contribution in [0.1, 0.15) is 25.3 Å². The van der Waals surface area contributed by atoms with Gasteiger partial charge in [-0.1, -0.05) is 44.2 Å². The van der Waals surface area contributed by atoms with E-state index in [0.717, 1.165) is 33.1 Å². The highest BCUT2D eigenvalue weighted by atomic mass is 14.9. The molecule has 0 aliphatic heterocycles. The second-order valence-corrected chi connectivity index (χ2v) is 6.07. The van der Waals surface area contributed by atoms with E-state index in [1.807, 2.05) is 30.7 Å². The van der Waals surface area contributed by atoms with Gasteiger partial charge in [-0.05, 0) is 23.6 Å². The highest BCUT2D eigenvalue weighted by Crippen LogP contribution is 2.26. The van der Waals surface area contributed by atoms with Gasteiger partial charge in [0.25, 0.3) is 0 Å². The minimum atomic E-state index is 0.488. The largest absolute Gasteiger partial charge is 0.264 e. The molecule has 4 aromatic rings. The summed E-state index contributed by atoms with van der Waals surface area (Å²) in [5.41, 5.74) is 3.34. The van der Waals surface area contributed by atoms with Crippen LogP contribution in [0.3, 0.4) is 0 Å². The number of rotatable bonds is 2. The van der Waals surface area contributed by atoms with Gasteiger partial charge in [0.2, 0.25) is 0 Å². The van der Waals surface area contributed by atoms with E-state index < -0.39 is 0 Å². The van der Waals surface area contributed by atoms with Crippen LogP contribution in [0.15, 0.2) is 61.1 Å². The van der Waals surface area contributed by atoms with E-state index in [2.05, 4.69) is 54.1 Å². The van der Waals surface area contributed by atoms with E-state index in [0.29, 0.717) is 5.92 Å². The molecule has 0 spiro atoms. The van der Waals surface area contributed by atoms with Crippen molar-refractivity contribution in [2.24, 2.45) is 0 Å². The van der Waals surface area contributed by atoms with Crippen molar-refractivity contribution in [1.29, 1.82) is 0 Å². The van der Waals surface area contributed by atoms with Crippen molar-refractivity contribution in [1.82, 2.24) is 15.0 Å². The molecule has 0 atom stereocenters. The molecule has 3 nitrogen and oxygen atoms in total. The van der Waals surface area contributed by atoms with Gasteiger partial charge in [-0.2, -0.15) is 0 Å². The molecule has 0 bridgehead atoms. The standard InChI is InChI=1S/C20H17N3/c1-13(2)14-4-3-5-15(10-14)20-22-12-17-7-6-16-11-21-9-8-18(16)19(17)23-20/h3-13H,1-2H3. The molecule has 0 fully saturated rings. The molecule has 2 aromatic carbocycles. The topological polar surface area (TPSA) is 38.7 Å². The van der Waals surface area contributed by atoms with Crippen LogP contribution in [0.25, 0.3) is 33.1 Å². The lowest BCUT2D eigenvalue weighted by atomic mass is 10.0. The first-order chi connectivity index (χ1) is 11.2. The SMILES string of the molecule is CC(C)c1cccc(-c2ncc3ccc4cnccc4c3n2)c1. The van der Waals surface area contributed by atoms with Gasteiger partial charge in [-0.25, -0.2) is 9.97 Å². The van der Waals surface area contributed by atoms with Crippen LogP contribution >= 0.6 is 0 Å². The predicted octanol–water partition coefficient (Wildman–Crippen LogP) is 4.97. The fourth-order valence-corrected chi connectivity index (χ4v) is 2.84. The van der Waals surface area contributed by atoms with Gasteiger partial charge < -0.3 is 0 Å². The van der Waals surface area contributed by atoms with Crippen molar-refractivity contribution in [2.45, 2.75) is 19.8 Å². The minimum absolute atomic E-state index is 0.488. The molecule has 23 heavy (non-hydrogen) atoms. The molecule has 2 aromatic heterocycles. The molecule has 0 aliphatic rings. The van der Waals surface area contributed by atoms with Crippen molar-refractivity contribution in [2.75, 3.05) is 0 Å². The van der Waals surface area contributed by atoms with E-state index >= 15 is 0 Å². The van der Waals surface area contributed by atoms with Gasteiger partial charge in [0.05, 0.1) is 5.52 Å². The van der Waals surface area contributed by atoms with Crippen LogP contribution < -0.4 is 0 Å². The highest BCUT2D eigenvalue weighted by molar-refractivity contribution is 6.04. The molecular weight excluding hydrogens is 282 g/mol. The summed E-state index contributed by atoms with van der Waals surface area (Å²) >= 11 is 0. The number of hydrogen-bond donors (Lipinski definition) is 0. The number of aromatic nitrogens is 3. The lowest BCUT2D eigenvalue weighted by molar-refractivity contribution is 0.867. The average molecular weight is 299 g/mol. The summed E-state index contributed by atoms with van der Waals surface area (Å²) < 4.78 is 0. The van der Waals surface area contributed by atoms with Gasteiger partial charge in [0.15, 0.2) is 5.82 Å². The number of hydrogen-bond acceptors (Lipinski definition) is 3. The Morgan fingerprint density at radius 2 is 1.78 bits per heavy atom. The minimum Gasteiger partial charge on any atom is -0.264 e. The smallest absolute Gasteiger partial charge is 0.159 e. The summed E-state index contributed by atoms with van der Waals surface area (Å²) in [6.07, 6.45) is 5.58. The number of fused-ring (bicyclic) bond motifs is 3. The third-order valence-electron chi connectivity index (χ3n) is 4.18. The summed E-state index contributed by atoms with van der Waals surface area (Å²) in [5, 5.41) is 3.26. The molecule has 0 N–H and O–H groups in total. The lowest BCUT2D eigenvalue weighted by Gasteiger charge is -2.08. The first kappa shape index (κ1) is 13.8. The number of pyridine rings is 1. The Hall–Kier alpha value is -2.81. The van der Waals surface area contributed by atoms with Crippen molar-refractivity contribution < 1.29 is 0 Å². The zero-order valence-corrected chi connectivity index (χ0v) is 13.2. The molecule has 0 radical (unpaired) electrons. The van der Waals surface area contributed by atoms with E-state index in [9.17, 15) is 0 Å². The monoisotopic (exact) mass is 299 g/mol. The van der Waals surface area contributed by atoms with Crippen molar-refractivity contribution in [3.05, 3.63) is 66.6 Å². The van der Waals surface area contributed by atoms with Gasteiger partial charge in [-0.15, -0.1) is 0 Å². The Labute approximate surface area is 135 Å². The van der Waals surface area contributed by atoms with Crippen LogP contribution in [0, 0.1) is 0 Å². The van der Waals surface area contributed by atoms with E-state index in [1.54, 1.807) is 0 Å². The second-order valence-electron chi connectivity index (χ2n) is 6.07. The van der Waals surface area contributed by atoms with Crippen molar-refractivity contribution in [3.8, 4) is 11.4 Å². The van der Waals surface area contributed by atoms with Crippen LogP contribution in [-0.4, -0.2) is 15.0 Å². The zero-order chi connectivity index (χ0) is 15.8. The maximum absolute atomic E-state index is 4.84. The first-order valence-corrected chi connectivity index (χ1v) is 7.82. The van der Waals surface area contributed by atoms with Gasteiger partial charge in [0.1, 0.15) is 0 Å². The Morgan fingerprint density at radius 1 is 0.913 bits per heavy atom. The molecular formula is C20H17N3. The molecule has 0 unspecified atom stereocenters. The predicted molar refractivity (Wildman–Crippen MR) is 94.4 cm³/mol. The molecule has 112 valence electrons. The fourth-order valence-electron chi connectivity index (χ4n) is 2.84. The summed E-state index contributed by atoms with van der Waals surface area (Å²) in [6, 6.07) is 14.6. The maximum Gasteiger partial charge on any atom is 0.159 e. The fraction of sp³-hybridized carbons (Fsp3) is 0.150. The van der Waals surface area contributed by atoms with Gasteiger partial charge in [-0.3, -0.25) is 4.98 Å². The molecule has 0 amide bonds. The normalized spacial score (nSPS) is 11.4. The average Bonchev–Trinajstić information content (AvgIpc) is 2.61. The summed E-state index contributed by atoms with van der Waals surface area (Å²) in [5.74, 6) is 1.26. The van der Waals surface area contributed by atoms with Crippen LogP contribution in [0.4, 0.5) is 0 Å².